The van der Waals surface area contributed by atoms with E-state index >= 15 is 0 Å². The van der Waals surface area contributed by atoms with Crippen molar-refractivity contribution in [3.8, 4) is 0 Å². The Balaban J connectivity index is 2.75. The second-order valence-electron chi connectivity index (χ2n) is 4.64. The summed E-state index contributed by atoms with van der Waals surface area (Å²) in [5.74, 6) is -0.923. The number of carboxylic acids is 1. The van der Waals surface area contributed by atoms with Crippen LogP contribution in [0.3, 0.4) is 0 Å². The minimum atomic E-state index is -0.923. The molecule has 2 rings (SSSR count). The molecule has 1 N–H and O–H groups in total. The van der Waals surface area contributed by atoms with Crippen molar-refractivity contribution < 1.29 is 14.3 Å². The lowest BCUT2D eigenvalue weighted by molar-refractivity contribution is -0.131. The van der Waals surface area contributed by atoms with Crippen molar-refractivity contribution in [3.63, 3.8) is 0 Å². The molecule has 0 saturated heterocycles. The molecule has 1 heterocycles. The van der Waals surface area contributed by atoms with Gasteiger partial charge >= 0.3 is 5.97 Å². The van der Waals surface area contributed by atoms with E-state index in [0.29, 0.717) is 0 Å². The average Bonchev–Trinajstić information content (AvgIpc) is 2.64. The Morgan fingerprint density at radius 2 is 1.94 bits per heavy atom. The van der Waals surface area contributed by atoms with Gasteiger partial charge in [0.25, 0.3) is 0 Å². The molecule has 0 unspecified atom stereocenters. The Morgan fingerprint density at radius 3 is 2.56 bits per heavy atom. The van der Waals surface area contributed by atoms with Gasteiger partial charge in [0.2, 0.25) is 0 Å². The number of carboxylic acid groups (broad SMARTS) is 1. The minimum Gasteiger partial charge on any atom is -0.478 e. The van der Waals surface area contributed by atoms with Crippen LogP contribution in [0.5, 0.6) is 0 Å². The van der Waals surface area contributed by atoms with E-state index < -0.39 is 5.97 Å². The highest BCUT2D eigenvalue weighted by atomic mass is 16.4. The molecule has 0 aliphatic rings. The molecule has 0 radical (unpaired) electrons. The van der Waals surface area contributed by atoms with Crippen LogP contribution < -0.4 is 0 Å². The van der Waals surface area contributed by atoms with Crippen LogP contribution in [0, 0.1) is 20.8 Å². The van der Waals surface area contributed by atoms with Crippen LogP contribution >= 0.6 is 0 Å². The number of fused-ring (bicyclic) bond motifs is 1. The number of aliphatic carboxylic acids is 1. The van der Waals surface area contributed by atoms with Crippen molar-refractivity contribution in [1.82, 2.24) is 0 Å². The van der Waals surface area contributed by atoms with Crippen LogP contribution in [-0.2, 0) is 4.79 Å². The molecule has 3 heteroatoms. The highest BCUT2D eigenvalue weighted by Gasteiger charge is 2.13. The van der Waals surface area contributed by atoms with Gasteiger partial charge in [-0.2, -0.15) is 0 Å². The SMILES string of the molecule is C/C(=C/C(=O)O)c1cc2c(C)coc2c(C)c1C. The van der Waals surface area contributed by atoms with Gasteiger partial charge in [-0.15, -0.1) is 0 Å². The lowest BCUT2D eigenvalue weighted by Crippen LogP contribution is -1.94. The number of aryl methyl sites for hydroxylation is 2. The van der Waals surface area contributed by atoms with Crippen LogP contribution in [0.25, 0.3) is 16.5 Å². The predicted molar refractivity (Wildman–Crippen MR) is 71.7 cm³/mol. The van der Waals surface area contributed by atoms with E-state index in [2.05, 4.69) is 0 Å². The van der Waals surface area contributed by atoms with Gasteiger partial charge < -0.3 is 9.52 Å². The van der Waals surface area contributed by atoms with E-state index in [1.807, 2.05) is 33.8 Å². The summed E-state index contributed by atoms with van der Waals surface area (Å²) in [6.45, 7) is 7.79. The van der Waals surface area contributed by atoms with Crippen LogP contribution in [0.15, 0.2) is 22.8 Å². The molecule has 0 saturated carbocycles. The van der Waals surface area contributed by atoms with Crippen molar-refractivity contribution in [2.45, 2.75) is 27.7 Å². The van der Waals surface area contributed by atoms with Crippen LogP contribution in [-0.4, -0.2) is 11.1 Å². The maximum atomic E-state index is 10.8. The molecule has 18 heavy (non-hydrogen) atoms. The monoisotopic (exact) mass is 244 g/mol. The Morgan fingerprint density at radius 1 is 1.28 bits per heavy atom. The lowest BCUT2D eigenvalue weighted by Gasteiger charge is -2.10. The summed E-state index contributed by atoms with van der Waals surface area (Å²) in [7, 11) is 0. The highest BCUT2D eigenvalue weighted by Crippen LogP contribution is 2.31. The zero-order valence-corrected chi connectivity index (χ0v) is 11.0. The number of rotatable bonds is 2. The molecule has 1 aromatic heterocycles. The van der Waals surface area contributed by atoms with Gasteiger partial charge in [0.15, 0.2) is 0 Å². The molecule has 0 fully saturated rings. The van der Waals surface area contributed by atoms with Crippen molar-refractivity contribution in [1.29, 1.82) is 0 Å². The number of allylic oxidation sites excluding steroid dienone is 1. The first kappa shape index (κ1) is 12.4. The second kappa shape index (κ2) is 4.33. The fraction of sp³-hybridized carbons (Fsp3) is 0.267. The standard InChI is InChI=1S/C15H16O3/c1-8(5-14(16)17)12-6-13-9(2)7-18-15(13)11(4)10(12)3/h5-7H,1-4H3,(H,16,17)/b8-5-. The van der Waals surface area contributed by atoms with Crippen molar-refractivity contribution >= 4 is 22.5 Å². The number of benzene rings is 1. The third-order valence-corrected chi connectivity index (χ3v) is 3.38. The van der Waals surface area contributed by atoms with E-state index in [0.717, 1.165) is 38.8 Å². The highest BCUT2D eigenvalue weighted by molar-refractivity contribution is 5.94. The summed E-state index contributed by atoms with van der Waals surface area (Å²) in [6.07, 6.45) is 2.97. The van der Waals surface area contributed by atoms with E-state index in [1.165, 1.54) is 6.08 Å². The van der Waals surface area contributed by atoms with E-state index in [4.69, 9.17) is 9.52 Å². The van der Waals surface area contributed by atoms with Gasteiger partial charge in [-0.3, -0.25) is 0 Å². The first-order valence-corrected chi connectivity index (χ1v) is 5.81. The van der Waals surface area contributed by atoms with Crippen molar-refractivity contribution in [2.75, 3.05) is 0 Å². The molecule has 0 amide bonds. The fourth-order valence-corrected chi connectivity index (χ4v) is 2.22. The average molecular weight is 244 g/mol. The summed E-state index contributed by atoms with van der Waals surface area (Å²) in [4.78, 5) is 10.8. The van der Waals surface area contributed by atoms with Gasteiger partial charge in [0, 0.05) is 11.5 Å². The summed E-state index contributed by atoms with van der Waals surface area (Å²) in [6, 6.07) is 2.01. The Labute approximate surface area is 106 Å². The van der Waals surface area contributed by atoms with Gasteiger partial charge in [-0.25, -0.2) is 4.79 Å². The Bertz CT molecular complexity index is 660. The van der Waals surface area contributed by atoms with Crippen LogP contribution in [0.1, 0.15) is 29.2 Å². The zero-order valence-electron chi connectivity index (χ0n) is 11.0. The Kier molecular flexibility index (Phi) is 2.99. The summed E-state index contributed by atoms with van der Waals surface area (Å²) >= 11 is 0. The molecule has 2 aromatic rings. The lowest BCUT2D eigenvalue weighted by atomic mass is 9.94. The summed E-state index contributed by atoms with van der Waals surface area (Å²) in [5.41, 5.74) is 5.80. The smallest absolute Gasteiger partial charge is 0.328 e. The van der Waals surface area contributed by atoms with E-state index in [9.17, 15) is 4.79 Å². The molecule has 0 aliphatic carbocycles. The number of furan rings is 1. The van der Waals surface area contributed by atoms with Gasteiger partial charge in [0.05, 0.1) is 6.26 Å². The molecular weight excluding hydrogens is 228 g/mol. The van der Waals surface area contributed by atoms with E-state index in [1.54, 1.807) is 6.26 Å². The molecule has 0 spiro atoms. The third-order valence-electron chi connectivity index (χ3n) is 3.38. The van der Waals surface area contributed by atoms with E-state index in [-0.39, 0.29) is 0 Å². The molecular formula is C15H16O3. The maximum Gasteiger partial charge on any atom is 0.328 e. The van der Waals surface area contributed by atoms with Crippen LogP contribution in [0.2, 0.25) is 0 Å². The number of hydrogen-bond acceptors (Lipinski definition) is 2. The first-order valence-electron chi connectivity index (χ1n) is 5.81. The zero-order chi connectivity index (χ0) is 13.4. The molecule has 0 atom stereocenters. The number of hydrogen-bond donors (Lipinski definition) is 1. The third kappa shape index (κ3) is 1.92. The topological polar surface area (TPSA) is 50.4 Å². The largest absolute Gasteiger partial charge is 0.478 e. The van der Waals surface area contributed by atoms with Crippen molar-refractivity contribution in [2.24, 2.45) is 0 Å². The summed E-state index contributed by atoms with van der Waals surface area (Å²) < 4.78 is 5.54. The molecule has 3 nitrogen and oxygen atoms in total. The molecule has 0 aliphatic heterocycles. The van der Waals surface area contributed by atoms with Gasteiger partial charge in [-0.05, 0) is 61.6 Å². The summed E-state index contributed by atoms with van der Waals surface area (Å²) in [5, 5.41) is 9.89. The normalized spacial score (nSPS) is 12.1. The number of carbonyl (C=O) groups is 1. The molecule has 94 valence electrons. The molecule has 1 aromatic carbocycles. The molecule has 0 bridgehead atoms. The fourth-order valence-electron chi connectivity index (χ4n) is 2.22. The van der Waals surface area contributed by atoms with Crippen LogP contribution in [0.4, 0.5) is 0 Å². The maximum absolute atomic E-state index is 10.8. The van der Waals surface area contributed by atoms with Crippen molar-refractivity contribution in [3.05, 3.63) is 40.7 Å². The second-order valence-corrected chi connectivity index (χ2v) is 4.64. The Hall–Kier alpha value is -2.03. The van der Waals surface area contributed by atoms with Gasteiger partial charge in [-0.1, -0.05) is 0 Å². The first-order chi connectivity index (χ1) is 8.41. The quantitative estimate of drug-likeness (QED) is 0.816. The van der Waals surface area contributed by atoms with Gasteiger partial charge in [0.1, 0.15) is 5.58 Å². The predicted octanol–water partition coefficient (Wildman–Crippen LogP) is 3.85. The minimum absolute atomic E-state index is 0.755.